The fourth-order valence-corrected chi connectivity index (χ4v) is 1.84. The smallest absolute Gasteiger partial charge is 0.328 e. The Balaban J connectivity index is 2.27. The summed E-state index contributed by atoms with van der Waals surface area (Å²) in [6.07, 6.45) is 1.40. The van der Waals surface area contributed by atoms with E-state index in [0.29, 0.717) is 12.8 Å². The molecule has 0 amide bonds. The SMILES string of the molecule is NC1CC(CNS(=O)(=O)C(F)F)C1. The van der Waals surface area contributed by atoms with Crippen LogP contribution in [0.1, 0.15) is 12.8 Å². The average molecular weight is 214 g/mol. The highest BCUT2D eigenvalue weighted by atomic mass is 32.2. The quantitative estimate of drug-likeness (QED) is 0.684. The molecule has 3 N–H and O–H groups in total. The van der Waals surface area contributed by atoms with Crippen molar-refractivity contribution >= 4 is 10.0 Å². The summed E-state index contributed by atoms with van der Waals surface area (Å²) in [6.45, 7) is 0.0698. The molecule has 0 unspecified atom stereocenters. The van der Waals surface area contributed by atoms with Crippen molar-refractivity contribution in [3.63, 3.8) is 0 Å². The van der Waals surface area contributed by atoms with Gasteiger partial charge in [0.2, 0.25) is 0 Å². The molecule has 0 atom stereocenters. The number of halogens is 2. The Labute approximate surface area is 75.5 Å². The lowest BCUT2D eigenvalue weighted by Gasteiger charge is -2.32. The third-order valence-electron chi connectivity index (χ3n) is 2.08. The van der Waals surface area contributed by atoms with Gasteiger partial charge in [0.05, 0.1) is 0 Å². The molecule has 0 spiro atoms. The number of hydrogen-bond donors (Lipinski definition) is 2. The molecule has 0 aromatic rings. The van der Waals surface area contributed by atoms with Crippen LogP contribution in [0.15, 0.2) is 0 Å². The van der Waals surface area contributed by atoms with Gasteiger partial charge in [0, 0.05) is 12.6 Å². The minimum atomic E-state index is -4.41. The van der Waals surface area contributed by atoms with E-state index in [1.54, 1.807) is 0 Å². The molecule has 4 nitrogen and oxygen atoms in total. The molecule has 0 radical (unpaired) electrons. The van der Waals surface area contributed by atoms with Gasteiger partial charge >= 0.3 is 5.76 Å². The molecular formula is C6H12F2N2O2S. The van der Waals surface area contributed by atoms with E-state index in [9.17, 15) is 17.2 Å². The van der Waals surface area contributed by atoms with E-state index in [4.69, 9.17) is 5.73 Å². The van der Waals surface area contributed by atoms with Crippen LogP contribution in [0, 0.1) is 5.92 Å². The fourth-order valence-electron chi connectivity index (χ4n) is 1.25. The fraction of sp³-hybridized carbons (Fsp3) is 1.00. The molecule has 0 aromatic carbocycles. The van der Waals surface area contributed by atoms with E-state index in [-0.39, 0.29) is 18.5 Å². The van der Waals surface area contributed by atoms with Crippen molar-refractivity contribution in [2.45, 2.75) is 24.6 Å². The molecule has 1 saturated carbocycles. The van der Waals surface area contributed by atoms with Crippen LogP contribution < -0.4 is 10.5 Å². The lowest BCUT2D eigenvalue weighted by atomic mass is 9.81. The summed E-state index contributed by atoms with van der Waals surface area (Å²) in [7, 11) is -4.41. The van der Waals surface area contributed by atoms with Gasteiger partial charge in [-0.3, -0.25) is 0 Å². The van der Waals surface area contributed by atoms with Crippen molar-refractivity contribution in [1.82, 2.24) is 4.72 Å². The van der Waals surface area contributed by atoms with Crippen LogP contribution in [0.4, 0.5) is 8.78 Å². The number of rotatable bonds is 4. The first-order chi connectivity index (χ1) is 5.92. The molecule has 1 rings (SSSR count). The summed E-state index contributed by atoms with van der Waals surface area (Å²) < 4.78 is 46.5. The Kier molecular flexibility index (Phi) is 3.20. The molecule has 7 heteroatoms. The lowest BCUT2D eigenvalue weighted by Crippen LogP contribution is -2.43. The molecule has 0 bridgehead atoms. The van der Waals surface area contributed by atoms with Crippen molar-refractivity contribution < 1.29 is 17.2 Å². The van der Waals surface area contributed by atoms with Gasteiger partial charge in [-0.05, 0) is 18.8 Å². The van der Waals surface area contributed by atoms with Crippen LogP contribution in [0.25, 0.3) is 0 Å². The van der Waals surface area contributed by atoms with E-state index in [1.165, 1.54) is 0 Å². The summed E-state index contributed by atoms with van der Waals surface area (Å²) in [4.78, 5) is 0. The summed E-state index contributed by atoms with van der Waals surface area (Å²) >= 11 is 0. The third kappa shape index (κ3) is 2.85. The zero-order chi connectivity index (χ0) is 10.1. The molecule has 1 aliphatic rings. The minimum absolute atomic E-state index is 0.0698. The summed E-state index contributed by atoms with van der Waals surface area (Å²) in [5.41, 5.74) is 5.44. The van der Waals surface area contributed by atoms with Crippen LogP contribution in [0.3, 0.4) is 0 Å². The maximum absolute atomic E-state index is 11.8. The van der Waals surface area contributed by atoms with Crippen LogP contribution in [-0.2, 0) is 10.0 Å². The second kappa shape index (κ2) is 3.85. The average Bonchev–Trinajstić information content (AvgIpc) is 1.95. The van der Waals surface area contributed by atoms with Crippen molar-refractivity contribution in [1.29, 1.82) is 0 Å². The van der Waals surface area contributed by atoms with Gasteiger partial charge in [-0.25, -0.2) is 13.1 Å². The standard InChI is InChI=1S/C6H12F2N2O2S/c7-6(8)13(11,12)10-3-4-1-5(9)2-4/h4-6,10H,1-3,9H2. The predicted molar refractivity (Wildman–Crippen MR) is 43.6 cm³/mol. The Morgan fingerprint density at radius 3 is 2.38 bits per heavy atom. The number of sulfonamides is 1. The summed E-state index contributed by atoms with van der Waals surface area (Å²) in [5, 5.41) is 0. The van der Waals surface area contributed by atoms with E-state index in [2.05, 4.69) is 0 Å². The lowest BCUT2D eigenvalue weighted by molar-refractivity contribution is 0.227. The molecule has 1 fully saturated rings. The maximum Gasteiger partial charge on any atom is 0.350 e. The third-order valence-corrected chi connectivity index (χ3v) is 3.12. The molecule has 78 valence electrons. The molecule has 0 aliphatic heterocycles. The largest absolute Gasteiger partial charge is 0.350 e. The Morgan fingerprint density at radius 2 is 2.00 bits per heavy atom. The van der Waals surface area contributed by atoms with E-state index in [1.807, 2.05) is 4.72 Å². The predicted octanol–water partition coefficient (Wildman–Crippen LogP) is -0.134. The van der Waals surface area contributed by atoms with Gasteiger partial charge in [-0.15, -0.1) is 0 Å². The number of nitrogens with two attached hydrogens (primary N) is 1. The molecule has 0 heterocycles. The molecule has 0 saturated heterocycles. The Morgan fingerprint density at radius 1 is 1.46 bits per heavy atom. The van der Waals surface area contributed by atoms with Crippen LogP contribution in [0.5, 0.6) is 0 Å². The topological polar surface area (TPSA) is 72.2 Å². The number of alkyl halides is 2. The zero-order valence-corrected chi connectivity index (χ0v) is 7.73. The van der Waals surface area contributed by atoms with Gasteiger partial charge in [-0.2, -0.15) is 8.78 Å². The first-order valence-corrected chi connectivity index (χ1v) is 5.48. The van der Waals surface area contributed by atoms with E-state index < -0.39 is 15.8 Å². The highest BCUT2D eigenvalue weighted by Gasteiger charge is 2.29. The van der Waals surface area contributed by atoms with Gasteiger partial charge in [-0.1, -0.05) is 0 Å². The minimum Gasteiger partial charge on any atom is -0.328 e. The van der Waals surface area contributed by atoms with Crippen LogP contribution >= 0.6 is 0 Å². The van der Waals surface area contributed by atoms with Crippen molar-refractivity contribution in [3.8, 4) is 0 Å². The van der Waals surface area contributed by atoms with Crippen molar-refractivity contribution in [2.24, 2.45) is 11.7 Å². The van der Waals surface area contributed by atoms with Crippen molar-refractivity contribution in [3.05, 3.63) is 0 Å². The number of nitrogens with one attached hydrogen (secondary N) is 1. The highest BCUT2D eigenvalue weighted by Crippen LogP contribution is 2.24. The molecule has 1 aliphatic carbocycles. The molecule has 0 aromatic heterocycles. The first-order valence-electron chi connectivity index (χ1n) is 3.94. The Hall–Kier alpha value is -0.270. The second-order valence-corrected chi connectivity index (χ2v) is 4.99. The highest BCUT2D eigenvalue weighted by molar-refractivity contribution is 7.89. The molecule has 13 heavy (non-hydrogen) atoms. The maximum atomic E-state index is 11.8. The van der Waals surface area contributed by atoms with Gasteiger partial charge in [0.15, 0.2) is 0 Å². The second-order valence-electron chi connectivity index (χ2n) is 3.25. The monoisotopic (exact) mass is 214 g/mol. The van der Waals surface area contributed by atoms with Gasteiger partial charge in [0.25, 0.3) is 10.0 Å². The van der Waals surface area contributed by atoms with Crippen LogP contribution in [0.2, 0.25) is 0 Å². The van der Waals surface area contributed by atoms with Gasteiger partial charge < -0.3 is 5.73 Å². The van der Waals surface area contributed by atoms with Crippen molar-refractivity contribution in [2.75, 3.05) is 6.54 Å². The molecular weight excluding hydrogens is 202 g/mol. The van der Waals surface area contributed by atoms with Gasteiger partial charge in [0.1, 0.15) is 0 Å². The van der Waals surface area contributed by atoms with Crippen LogP contribution in [-0.4, -0.2) is 26.8 Å². The normalized spacial score (nSPS) is 28.9. The first kappa shape index (κ1) is 10.8. The Bertz CT molecular complexity index is 262. The van der Waals surface area contributed by atoms with E-state index in [0.717, 1.165) is 0 Å². The zero-order valence-electron chi connectivity index (χ0n) is 6.91. The summed E-state index contributed by atoms with van der Waals surface area (Å²) in [5.74, 6) is -3.23. The van der Waals surface area contributed by atoms with E-state index >= 15 is 0 Å². The summed E-state index contributed by atoms with van der Waals surface area (Å²) in [6, 6.07) is 0.0982. The number of hydrogen-bond acceptors (Lipinski definition) is 3.